The van der Waals surface area contributed by atoms with Gasteiger partial charge in [0.1, 0.15) is 6.54 Å². The van der Waals surface area contributed by atoms with Gasteiger partial charge in [-0.3, -0.25) is 19.3 Å². The molecule has 2 bridgehead atoms. The summed E-state index contributed by atoms with van der Waals surface area (Å²) in [7, 11) is 0. The molecule has 3 aliphatic rings. The molecule has 0 spiro atoms. The molecule has 0 radical (unpaired) electrons. The number of carbonyl (C=O) groups excluding carboxylic acids is 3. The van der Waals surface area contributed by atoms with Crippen LogP contribution >= 0.6 is 27.5 Å². The van der Waals surface area contributed by atoms with Gasteiger partial charge in [0, 0.05) is 10.2 Å². The van der Waals surface area contributed by atoms with E-state index in [2.05, 4.69) is 33.4 Å². The number of amides is 3. The van der Waals surface area contributed by atoms with Gasteiger partial charge < -0.3 is 5.32 Å². The van der Waals surface area contributed by atoms with Gasteiger partial charge in [0.25, 0.3) is 0 Å². The fraction of sp³-hybridized carbons (Fsp3) is 0.375. The molecule has 0 aromatic heterocycles. The monoisotopic (exact) mass is 500 g/mol. The molecular formula is C24H22BrClN2O3. The Kier molecular flexibility index (Phi) is 5.18. The molecule has 1 saturated heterocycles. The highest BCUT2D eigenvalue weighted by atomic mass is 79.9. The standard InChI is InChI=1S/C24H22BrClN2O3/c1-12-18(8-7-17(25)22(12)26)27-19(29)11-28-23(30)20-14-9-15(13-5-3-2-4-6-13)16(10-14)21(20)24(28)31/h2-8,14-16,20-21H,9-11H2,1H3,(H,27,29)/t14-,15+,16+,20+,21-/m0/s1. The van der Waals surface area contributed by atoms with E-state index in [4.69, 9.17) is 11.6 Å². The Morgan fingerprint density at radius 3 is 2.55 bits per heavy atom. The minimum atomic E-state index is -0.393. The Morgan fingerprint density at radius 1 is 1.10 bits per heavy atom. The number of halogens is 2. The molecule has 7 heteroatoms. The second-order valence-electron chi connectivity index (χ2n) is 8.81. The van der Waals surface area contributed by atoms with E-state index < -0.39 is 5.91 Å². The Labute approximate surface area is 194 Å². The van der Waals surface area contributed by atoms with Gasteiger partial charge >= 0.3 is 0 Å². The maximum atomic E-state index is 13.2. The summed E-state index contributed by atoms with van der Waals surface area (Å²) < 4.78 is 0.742. The highest BCUT2D eigenvalue weighted by Crippen LogP contribution is 2.61. The third kappa shape index (κ3) is 3.31. The lowest BCUT2D eigenvalue weighted by molar-refractivity contribution is -0.143. The smallest absolute Gasteiger partial charge is 0.244 e. The van der Waals surface area contributed by atoms with E-state index in [1.165, 1.54) is 10.5 Å². The lowest BCUT2D eigenvalue weighted by Crippen LogP contribution is -2.39. The summed E-state index contributed by atoms with van der Waals surface area (Å²) in [6, 6.07) is 13.8. The molecule has 2 aliphatic carbocycles. The van der Waals surface area contributed by atoms with Crippen LogP contribution in [0.15, 0.2) is 46.9 Å². The van der Waals surface area contributed by atoms with Crippen molar-refractivity contribution >= 4 is 50.9 Å². The summed E-state index contributed by atoms with van der Waals surface area (Å²) in [6.07, 6.45) is 1.86. The van der Waals surface area contributed by atoms with Crippen molar-refractivity contribution in [2.45, 2.75) is 25.7 Å². The predicted molar refractivity (Wildman–Crippen MR) is 122 cm³/mol. The number of nitrogens with zero attached hydrogens (tertiary/aromatic N) is 1. The number of rotatable bonds is 4. The topological polar surface area (TPSA) is 66.5 Å². The van der Waals surface area contributed by atoms with E-state index in [-0.39, 0.29) is 42.0 Å². The SMILES string of the molecule is Cc1c(NC(=O)CN2C(=O)[C@@H]3[C@@H]4C[C@@H]([C@@H]3C2=O)[C@@H](c2ccccc2)C4)ccc(Br)c1Cl. The van der Waals surface area contributed by atoms with Crippen molar-refractivity contribution in [3.63, 3.8) is 0 Å². The highest BCUT2D eigenvalue weighted by Gasteiger charge is 2.63. The van der Waals surface area contributed by atoms with Crippen LogP contribution in [0, 0.1) is 30.6 Å². The second-order valence-corrected chi connectivity index (χ2v) is 10.0. The lowest BCUT2D eigenvalue weighted by Gasteiger charge is -2.28. The molecule has 2 saturated carbocycles. The summed E-state index contributed by atoms with van der Waals surface area (Å²) in [4.78, 5) is 40.2. The summed E-state index contributed by atoms with van der Waals surface area (Å²) in [5.41, 5.74) is 2.54. The predicted octanol–water partition coefficient (Wildman–Crippen LogP) is 4.77. The summed E-state index contributed by atoms with van der Waals surface area (Å²) in [5.74, 6) is -0.631. The normalized spacial score (nSPS) is 28.9. The number of imide groups is 1. The van der Waals surface area contributed by atoms with Gasteiger partial charge in [0.2, 0.25) is 17.7 Å². The van der Waals surface area contributed by atoms with Crippen LogP contribution in [0.25, 0.3) is 0 Å². The maximum Gasteiger partial charge on any atom is 0.244 e. The molecule has 0 unspecified atom stereocenters. The Morgan fingerprint density at radius 2 is 1.81 bits per heavy atom. The maximum absolute atomic E-state index is 13.2. The van der Waals surface area contributed by atoms with Crippen LogP contribution in [0.4, 0.5) is 5.69 Å². The molecular weight excluding hydrogens is 480 g/mol. The lowest BCUT2D eigenvalue weighted by atomic mass is 9.73. The number of carbonyl (C=O) groups is 3. The summed E-state index contributed by atoms with van der Waals surface area (Å²) in [6.45, 7) is 1.55. The molecule has 160 valence electrons. The first-order valence-corrected chi connectivity index (χ1v) is 11.7. The van der Waals surface area contributed by atoms with Crippen LogP contribution in [-0.2, 0) is 14.4 Å². The number of hydrogen-bond donors (Lipinski definition) is 1. The van der Waals surface area contributed by atoms with Crippen molar-refractivity contribution in [2.24, 2.45) is 23.7 Å². The highest BCUT2D eigenvalue weighted by molar-refractivity contribution is 9.10. The van der Waals surface area contributed by atoms with Crippen molar-refractivity contribution in [1.29, 1.82) is 0 Å². The van der Waals surface area contributed by atoms with Crippen LogP contribution in [0.2, 0.25) is 5.02 Å². The number of anilines is 1. The van der Waals surface area contributed by atoms with Crippen LogP contribution < -0.4 is 5.32 Å². The van der Waals surface area contributed by atoms with Crippen LogP contribution in [-0.4, -0.2) is 29.2 Å². The number of fused-ring (bicyclic) bond motifs is 5. The van der Waals surface area contributed by atoms with Crippen molar-refractivity contribution in [3.05, 3.63) is 63.1 Å². The molecule has 3 amide bonds. The Bertz CT molecular complexity index is 1090. The van der Waals surface area contributed by atoms with E-state index in [0.717, 1.165) is 22.9 Å². The molecule has 31 heavy (non-hydrogen) atoms. The number of likely N-dealkylation sites (tertiary alicyclic amines) is 1. The van der Waals surface area contributed by atoms with Gasteiger partial charge in [0.15, 0.2) is 0 Å². The molecule has 3 fully saturated rings. The zero-order chi connectivity index (χ0) is 21.9. The molecule has 5 rings (SSSR count). The first-order valence-electron chi connectivity index (χ1n) is 10.5. The van der Waals surface area contributed by atoms with Gasteiger partial charge in [-0.15, -0.1) is 0 Å². The molecule has 2 aromatic rings. The van der Waals surface area contributed by atoms with Crippen LogP contribution in [0.3, 0.4) is 0 Å². The second kappa shape index (κ2) is 7.75. The summed E-state index contributed by atoms with van der Waals surface area (Å²) >= 11 is 9.59. The average molecular weight is 502 g/mol. The van der Waals surface area contributed by atoms with Crippen LogP contribution in [0.1, 0.15) is 29.9 Å². The number of benzene rings is 2. The molecule has 1 N–H and O–H groups in total. The molecule has 5 nitrogen and oxygen atoms in total. The third-order valence-corrected chi connectivity index (χ3v) is 8.63. The molecule has 2 aromatic carbocycles. The minimum Gasteiger partial charge on any atom is -0.324 e. The molecule has 1 aliphatic heterocycles. The number of hydrogen-bond acceptors (Lipinski definition) is 3. The Hall–Kier alpha value is -2.18. The van der Waals surface area contributed by atoms with Gasteiger partial charge in [-0.05, 0) is 76.7 Å². The zero-order valence-electron chi connectivity index (χ0n) is 17.0. The average Bonchev–Trinajstić information content (AvgIpc) is 3.43. The van der Waals surface area contributed by atoms with Crippen molar-refractivity contribution in [2.75, 3.05) is 11.9 Å². The van der Waals surface area contributed by atoms with Crippen LogP contribution in [0.5, 0.6) is 0 Å². The fourth-order valence-electron chi connectivity index (χ4n) is 5.88. The van der Waals surface area contributed by atoms with Gasteiger partial charge in [-0.2, -0.15) is 0 Å². The van der Waals surface area contributed by atoms with Gasteiger partial charge in [-0.1, -0.05) is 41.9 Å². The Balaban J connectivity index is 1.32. The van der Waals surface area contributed by atoms with Crippen molar-refractivity contribution in [1.82, 2.24) is 4.90 Å². The van der Waals surface area contributed by atoms with E-state index in [1.54, 1.807) is 19.1 Å². The van der Waals surface area contributed by atoms with E-state index in [0.29, 0.717) is 16.6 Å². The third-order valence-electron chi connectivity index (χ3n) is 7.25. The zero-order valence-corrected chi connectivity index (χ0v) is 19.3. The minimum absolute atomic E-state index is 0.175. The van der Waals surface area contributed by atoms with Crippen molar-refractivity contribution in [3.8, 4) is 0 Å². The first kappa shape index (κ1) is 20.7. The number of nitrogens with one attached hydrogen (secondary N) is 1. The van der Waals surface area contributed by atoms with Gasteiger partial charge in [0.05, 0.1) is 16.9 Å². The fourth-order valence-corrected chi connectivity index (χ4v) is 6.48. The quantitative estimate of drug-likeness (QED) is 0.614. The molecule has 5 atom stereocenters. The van der Waals surface area contributed by atoms with E-state index in [9.17, 15) is 14.4 Å². The molecule has 1 heterocycles. The van der Waals surface area contributed by atoms with E-state index >= 15 is 0 Å². The van der Waals surface area contributed by atoms with Gasteiger partial charge in [-0.25, -0.2) is 0 Å². The van der Waals surface area contributed by atoms with Crippen molar-refractivity contribution < 1.29 is 14.4 Å². The van der Waals surface area contributed by atoms with E-state index in [1.807, 2.05) is 18.2 Å². The summed E-state index contributed by atoms with van der Waals surface area (Å²) in [5, 5.41) is 3.31. The first-order chi connectivity index (χ1) is 14.9. The largest absolute Gasteiger partial charge is 0.324 e.